The van der Waals surface area contributed by atoms with Crippen LogP contribution in [0.15, 0.2) is 30.3 Å². The first-order valence-corrected chi connectivity index (χ1v) is 6.04. The lowest BCUT2D eigenvalue weighted by molar-refractivity contribution is -0.127. The fourth-order valence-electron chi connectivity index (χ4n) is 3.21. The van der Waals surface area contributed by atoms with Crippen LogP contribution in [0.5, 0.6) is 0 Å². The smallest absolute Gasteiger partial charge is 0.143 e. The molecule has 0 aliphatic heterocycles. The third-order valence-electron chi connectivity index (χ3n) is 4.27. The number of fused-ring (bicyclic) bond motifs is 3. The Balaban J connectivity index is 2.21. The molecule has 1 heteroatoms. The van der Waals surface area contributed by atoms with E-state index in [1.54, 1.807) is 0 Å². The normalized spacial score (nSPS) is 32.1. The summed E-state index contributed by atoms with van der Waals surface area (Å²) in [4.78, 5) is 12.3. The maximum absolute atomic E-state index is 12.3. The minimum absolute atomic E-state index is 0.260. The molecule has 0 unspecified atom stereocenters. The van der Waals surface area contributed by atoms with Crippen LogP contribution in [0.1, 0.15) is 37.3 Å². The fraction of sp³-hybridized carbons (Fsp3) is 0.400. The summed E-state index contributed by atoms with van der Waals surface area (Å²) >= 11 is 0. The molecule has 0 N–H and O–H groups in total. The van der Waals surface area contributed by atoms with Crippen LogP contribution < -0.4 is 0 Å². The summed E-state index contributed by atoms with van der Waals surface area (Å²) in [6.07, 6.45) is 7.35. The number of ketones is 1. The van der Waals surface area contributed by atoms with Crippen LogP contribution in [-0.4, -0.2) is 5.78 Å². The van der Waals surface area contributed by atoms with Gasteiger partial charge in [0.1, 0.15) is 5.78 Å². The van der Waals surface area contributed by atoms with E-state index >= 15 is 0 Å². The minimum Gasteiger partial charge on any atom is -0.299 e. The minimum atomic E-state index is -0.260. The highest BCUT2D eigenvalue weighted by atomic mass is 16.1. The number of carbonyl (C=O) groups is 1. The number of hydrogen-bond donors (Lipinski definition) is 0. The van der Waals surface area contributed by atoms with Crippen LogP contribution in [-0.2, 0) is 10.2 Å². The topological polar surface area (TPSA) is 17.1 Å². The van der Waals surface area contributed by atoms with Crippen molar-refractivity contribution in [3.05, 3.63) is 41.5 Å². The van der Waals surface area contributed by atoms with Crippen LogP contribution in [0, 0.1) is 5.92 Å². The van der Waals surface area contributed by atoms with Gasteiger partial charge in [0.15, 0.2) is 0 Å². The number of carbonyl (C=O) groups excluding carboxylic acids is 1. The standard InChI is InChI=1S/C15H16O/c1-15-12(6-4-8-14(15)16)10-9-11-5-2-3-7-13(11)15/h2-3,5,7,9-10,12H,4,6,8H2,1H3/t12-,15-/m1/s1. The molecule has 0 heterocycles. The highest BCUT2D eigenvalue weighted by Crippen LogP contribution is 2.46. The molecule has 2 atom stereocenters. The van der Waals surface area contributed by atoms with E-state index in [1.807, 2.05) is 12.1 Å². The first-order chi connectivity index (χ1) is 7.73. The third-order valence-corrected chi connectivity index (χ3v) is 4.27. The molecule has 0 aromatic heterocycles. The molecule has 0 spiro atoms. The predicted molar refractivity (Wildman–Crippen MR) is 65.2 cm³/mol. The summed E-state index contributed by atoms with van der Waals surface area (Å²) in [6.45, 7) is 2.13. The second kappa shape index (κ2) is 3.31. The van der Waals surface area contributed by atoms with Crippen LogP contribution in [0.25, 0.3) is 6.08 Å². The van der Waals surface area contributed by atoms with Crippen molar-refractivity contribution >= 4 is 11.9 Å². The summed E-state index contributed by atoms with van der Waals surface area (Å²) in [7, 11) is 0. The number of hydrogen-bond acceptors (Lipinski definition) is 1. The van der Waals surface area contributed by atoms with Gasteiger partial charge in [-0.05, 0) is 36.8 Å². The SMILES string of the molecule is C[C@@]12C(=O)CCC[C@@H]1C=Cc1ccccc12. The molecule has 3 rings (SSSR count). The maximum atomic E-state index is 12.3. The lowest BCUT2D eigenvalue weighted by atomic mass is 9.60. The van der Waals surface area contributed by atoms with E-state index in [0.717, 1.165) is 19.3 Å². The Morgan fingerprint density at radius 1 is 1.31 bits per heavy atom. The van der Waals surface area contributed by atoms with E-state index in [2.05, 4.69) is 31.2 Å². The van der Waals surface area contributed by atoms with Crippen LogP contribution in [0.2, 0.25) is 0 Å². The summed E-state index contributed by atoms with van der Waals surface area (Å²) in [6, 6.07) is 8.31. The Morgan fingerprint density at radius 3 is 3.00 bits per heavy atom. The van der Waals surface area contributed by atoms with Crippen molar-refractivity contribution in [3.63, 3.8) is 0 Å². The molecule has 1 saturated carbocycles. The van der Waals surface area contributed by atoms with Crippen LogP contribution >= 0.6 is 0 Å². The summed E-state index contributed by atoms with van der Waals surface area (Å²) in [5.74, 6) is 0.823. The molecule has 16 heavy (non-hydrogen) atoms. The Hall–Kier alpha value is -1.37. The van der Waals surface area contributed by atoms with E-state index < -0.39 is 0 Å². The largest absolute Gasteiger partial charge is 0.299 e. The van der Waals surface area contributed by atoms with Crippen molar-refractivity contribution in [3.8, 4) is 0 Å². The molecule has 0 amide bonds. The molecule has 82 valence electrons. The number of benzene rings is 1. The second-order valence-corrected chi connectivity index (χ2v) is 5.07. The number of Topliss-reactive ketones (excluding diaryl/α,β-unsaturated/α-hetero) is 1. The molecular weight excluding hydrogens is 196 g/mol. The third kappa shape index (κ3) is 1.14. The van der Waals surface area contributed by atoms with E-state index in [4.69, 9.17) is 0 Å². The molecule has 1 aromatic carbocycles. The molecule has 2 aliphatic rings. The molecule has 1 aromatic rings. The van der Waals surface area contributed by atoms with E-state index in [1.165, 1.54) is 11.1 Å². The molecule has 0 bridgehead atoms. The molecule has 0 saturated heterocycles. The van der Waals surface area contributed by atoms with Gasteiger partial charge in [0.2, 0.25) is 0 Å². The van der Waals surface area contributed by atoms with Crippen molar-refractivity contribution in [1.82, 2.24) is 0 Å². The molecule has 2 aliphatic carbocycles. The highest BCUT2D eigenvalue weighted by molar-refractivity contribution is 5.93. The van der Waals surface area contributed by atoms with Gasteiger partial charge >= 0.3 is 0 Å². The fourth-order valence-corrected chi connectivity index (χ4v) is 3.21. The average Bonchev–Trinajstić information content (AvgIpc) is 2.31. The maximum Gasteiger partial charge on any atom is 0.143 e. The van der Waals surface area contributed by atoms with Crippen molar-refractivity contribution < 1.29 is 4.79 Å². The van der Waals surface area contributed by atoms with Gasteiger partial charge in [-0.1, -0.05) is 36.4 Å². The quantitative estimate of drug-likeness (QED) is 0.644. The van der Waals surface area contributed by atoms with Crippen molar-refractivity contribution in [2.24, 2.45) is 5.92 Å². The predicted octanol–water partition coefficient (Wildman–Crippen LogP) is 3.34. The van der Waals surface area contributed by atoms with Crippen LogP contribution in [0.3, 0.4) is 0 Å². The number of allylic oxidation sites excluding steroid dienone is 1. The van der Waals surface area contributed by atoms with Gasteiger partial charge in [-0.2, -0.15) is 0 Å². The lowest BCUT2D eigenvalue weighted by Gasteiger charge is -2.42. The van der Waals surface area contributed by atoms with E-state index in [0.29, 0.717) is 11.7 Å². The van der Waals surface area contributed by atoms with Crippen molar-refractivity contribution in [2.45, 2.75) is 31.6 Å². The Bertz CT molecular complexity index is 472. The van der Waals surface area contributed by atoms with Gasteiger partial charge in [0.05, 0.1) is 5.41 Å². The molecular formula is C15H16O. The Kier molecular flexibility index (Phi) is 2.03. The average molecular weight is 212 g/mol. The zero-order chi connectivity index (χ0) is 11.2. The number of rotatable bonds is 0. The lowest BCUT2D eigenvalue weighted by Crippen LogP contribution is -2.44. The van der Waals surface area contributed by atoms with Crippen molar-refractivity contribution in [1.29, 1.82) is 0 Å². The molecule has 0 radical (unpaired) electrons. The van der Waals surface area contributed by atoms with Crippen LogP contribution in [0.4, 0.5) is 0 Å². The molecule has 1 nitrogen and oxygen atoms in total. The summed E-state index contributed by atoms with van der Waals surface area (Å²) in [5.41, 5.74) is 2.19. The van der Waals surface area contributed by atoms with Gasteiger partial charge < -0.3 is 0 Å². The van der Waals surface area contributed by atoms with E-state index in [9.17, 15) is 4.79 Å². The van der Waals surface area contributed by atoms with Gasteiger partial charge in [0, 0.05) is 6.42 Å². The Labute approximate surface area is 96.2 Å². The summed E-state index contributed by atoms with van der Waals surface area (Å²) < 4.78 is 0. The van der Waals surface area contributed by atoms with Gasteiger partial charge in [-0.15, -0.1) is 0 Å². The zero-order valence-corrected chi connectivity index (χ0v) is 9.57. The molecule has 1 fully saturated rings. The first-order valence-electron chi connectivity index (χ1n) is 6.04. The van der Waals surface area contributed by atoms with Crippen molar-refractivity contribution in [2.75, 3.05) is 0 Å². The highest BCUT2D eigenvalue weighted by Gasteiger charge is 2.45. The second-order valence-electron chi connectivity index (χ2n) is 5.07. The Morgan fingerprint density at radius 2 is 2.12 bits per heavy atom. The summed E-state index contributed by atoms with van der Waals surface area (Å²) in [5, 5.41) is 0. The monoisotopic (exact) mass is 212 g/mol. The van der Waals surface area contributed by atoms with Gasteiger partial charge in [-0.3, -0.25) is 4.79 Å². The van der Waals surface area contributed by atoms with Gasteiger partial charge in [0.25, 0.3) is 0 Å². The van der Waals surface area contributed by atoms with Gasteiger partial charge in [-0.25, -0.2) is 0 Å². The first kappa shape index (κ1) is 9.83. The zero-order valence-electron chi connectivity index (χ0n) is 9.57. The van der Waals surface area contributed by atoms with E-state index in [-0.39, 0.29) is 5.41 Å².